The molecule has 1 amide bonds. The molecule has 0 saturated heterocycles. The number of thiophene rings is 1. The zero-order chi connectivity index (χ0) is 21.6. The van der Waals surface area contributed by atoms with Crippen molar-refractivity contribution in [3.63, 3.8) is 0 Å². The van der Waals surface area contributed by atoms with Gasteiger partial charge in [0, 0.05) is 10.0 Å². The van der Waals surface area contributed by atoms with E-state index in [0.717, 1.165) is 15.8 Å². The lowest BCUT2D eigenvalue weighted by Gasteiger charge is -2.10. The summed E-state index contributed by atoms with van der Waals surface area (Å²) in [6, 6.07) is 6.75. The van der Waals surface area contributed by atoms with E-state index in [2.05, 4.69) is 26.6 Å². The van der Waals surface area contributed by atoms with Crippen molar-refractivity contribution >= 4 is 67.4 Å². The van der Waals surface area contributed by atoms with Crippen molar-refractivity contribution < 1.29 is 23.9 Å². The van der Waals surface area contributed by atoms with Crippen LogP contribution < -0.4 is 10.6 Å². The predicted molar refractivity (Wildman–Crippen MR) is 119 cm³/mol. The first-order chi connectivity index (χ1) is 13.8. The van der Waals surface area contributed by atoms with E-state index in [1.54, 1.807) is 45.0 Å². The fraction of sp³-hybridized carbons (Fsp3) is 0.263. The van der Waals surface area contributed by atoms with Crippen molar-refractivity contribution in [2.45, 2.75) is 20.8 Å². The molecule has 154 valence electrons. The molecule has 0 bridgehead atoms. The maximum atomic E-state index is 12.4. The average molecular weight is 499 g/mol. The zero-order valence-electron chi connectivity index (χ0n) is 16.0. The number of halogens is 1. The van der Waals surface area contributed by atoms with Gasteiger partial charge in [0.25, 0.3) is 5.91 Å². The van der Waals surface area contributed by atoms with Gasteiger partial charge in [0.2, 0.25) is 0 Å². The van der Waals surface area contributed by atoms with E-state index >= 15 is 0 Å². The van der Waals surface area contributed by atoms with Crippen molar-refractivity contribution in [1.29, 1.82) is 0 Å². The highest BCUT2D eigenvalue weighted by molar-refractivity contribution is 9.10. The monoisotopic (exact) mass is 498 g/mol. The van der Waals surface area contributed by atoms with Crippen LogP contribution in [0, 0.1) is 6.92 Å². The third kappa shape index (κ3) is 5.84. The van der Waals surface area contributed by atoms with Gasteiger partial charge in [-0.3, -0.25) is 10.1 Å². The molecular formula is C19H19BrN2O5S2. The lowest BCUT2D eigenvalue weighted by molar-refractivity contribution is 0.0527. The number of amides is 1. The smallest absolute Gasteiger partial charge is 0.348 e. The maximum Gasteiger partial charge on any atom is 0.348 e. The lowest BCUT2D eigenvalue weighted by Crippen LogP contribution is -2.34. The molecule has 0 aliphatic carbocycles. The lowest BCUT2D eigenvalue weighted by atomic mass is 10.1. The number of nitrogens with one attached hydrogen (secondary N) is 2. The van der Waals surface area contributed by atoms with Crippen LogP contribution >= 0.6 is 39.5 Å². The summed E-state index contributed by atoms with van der Waals surface area (Å²) >= 11 is 9.52. The standard InChI is InChI=1S/C19H19BrN2O5S2/c1-4-26-17(24)13-10(3)14(18(25)27-5-2)29-16(13)22-19(28)21-15(23)11-6-8-12(20)9-7-11/h6-9H,4-5H2,1-3H3,(H2,21,22,23,28). The number of anilines is 1. The minimum absolute atomic E-state index is 0.0138. The summed E-state index contributed by atoms with van der Waals surface area (Å²) < 4.78 is 11.0. The molecule has 0 saturated carbocycles. The first-order valence-electron chi connectivity index (χ1n) is 8.63. The molecule has 0 atom stereocenters. The van der Waals surface area contributed by atoms with Crippen LogP contribution in [0.1, 0.15) is 49.8 Å². The van der Waals surface area contributed by atoms with E-state index in [4.69, 9.17) is 21.7 Å². The SMILES string of the molecule is CCOC(=O)c1sc(NC(=S)NC(=O)c2ccc(Br)cc2)c(C(=O)OCC)c1C. The van der Waals surface area contributed by atoms with Crippen LogP contribution in [0.25, 0.3) is 0 Å². The fourth-order valence-corrected chi connectivity index (χ4v) is 3.97. The van der Waals surface area contributed by atoms with Gasteiger partial charge in [0.05, 0.1) is 18.8 Å². The molecule has 10 heteroatoms. The molecule has 0 fully saturated rings. The molecule has 0 radical (unpaired) electrons. The summed E-state index contributed by atoms with van der Waals surface area (Å²) in [7, 11) is 0. The van der Waals surface area contributed by atoms with E-state index in [0.29, 0.717) is 16.1 Å². The van der Waals surface area contributed by atoms with Gasteiger partial charge in [-0.05, 0) is 62.8 Å². The molecule has 0 aliphatic rings. The Bertz CT molecular complexity index is 941. The Morgan fingerprint density at radius 1 is 1.07 bits per heavy atom. The minimum Gasteiger partial charge on any atom is -0.462 e. The van der Waals surface area contributed by atoms with Gasteiger partial charge in [-0.25, -0.2) is 9.59 Å². The van der Waals surface area contributed by atoms with E-state index in [1.165, 1.54) is 0 Å². The van der Waals surface area contributed by atoms with Crippen LogP contribution in [0.3, 0.4) is 0 Å². The van der Waals surface area contributed by atoms with Gasteiger partial charge >= 0.3 is 11.9 Å². The van der Waals surface area contributed by atoms with Crippen LogP contribution in [0.5, 0.6) is 0 Å². The van der Waals surface area contributed by atoms with Crippen molar-refractivity contribution in [1.82, 2.24) is 5.32 Å². The van der Waals surface area contributed by atoms with Crippen LogP contribution in [0.15, 0.2) is 28.7 Å². The summed E-state index contributed by atoms with van der Waals surface area (Å²) in [5.74, 6) is -1.55. The van der Waals surface area contributed by atoms with Crippen molar-refractivity contribution in [3.05, 3.63) is 50.3 Å². The number of rotatable bonds is 6. The topological polar surface area (TPSA) is 93.7 Å². The molecule has 2 rings (SSSR count). The number of hydrogen-bond acceptors (Lipinski definition) is 7. The maximum absolute atomic E-state index is 12.4. The fourth-order valence-electron chi connectivity index (χ4n) is 2.35. The van der Waals surface area contributed by atoms with Crippen LogP contribution in [-0.2, 0) is 9.47 Å². The quantitative estimate of drug-likeness (QED) is 0.452. The van der Waals surface area contributed by atoms with Crippen LogP contribution in [-0.4, -0.2) is 36.2 Å². The second-order valence-corrected chi connectivity index (χ2v) is 7.96. The number of hydrogen-bond donors (Lipinski definition) is 2. The second-order valence-electron chi connectivity index (χ2n) is 5.62. The molecule has 1 aromatic heterocycles. The first kappa shape index (κ1) is 23.0. The van der Waals surface area contributed by atoms with E-state index in [9.17, 15) is 14.4 Å². The summed E-state index contributed by atoms with van der Waals surface area (Å²) in [5, 5.41) is 5.65. The minimum atomic E-state index is -0.596. The molecule has 29 heavy (non-hydrogen) atoms. The Hall–Kier alpha value is -2.30. The number of ether oxygens (including phenoxy) is 2. The van der Waals surface area contributed by atoms with Crippen molar-refractivity contribution in [2.75, 3.05) is 18.5 Å². The highest BCUT2D eigenvalue weighted by atomic mass is 79.9. The van der Waals surface area contributed by atoms with Gasteiger partial charge in [-0.1, -0.05) is 15.9 Å². The van der Waals surface area contributed by atoms with Gasteiger partial charge < -0.3 is 14.8 Å². The molecule has 2 aromatic rings. The third-order valence-electron chi connectivity index (χ3n) is 3.65. The number of esters is 2. The molecule has 0 spiro atoms. The van der Waals surface area contributed by atoms with E-state index in [-0.39, 0.29) is 28.8 Å². The molecule has 0 aliphatic heterocycles. The second kappa shape index (κ2) is 10.5. The third-order valence-corrected chi connectivity index (χ3v) is 5.57. The zero-order valence-corrected chi connectivity index (χ0v) is 19.2. The van der Waals surface area contributed by atoms with Gasteiger partial charge in [0.15, 0.2) is 5.11 Å². The Balaban J connectivity index is 2.25. The summed E-state index contributed by atoms with van der Waals surface area (Å²) in [4.78, 5) is 37.2. The Kier molecular flexibility index (Phi) is 8.30. The molecular weight excluding hydrogens is 480 g/mol. The highest BCUT2D eigenvalue weighted by Gasteiger charge is 2.27. The van der Waals surface area contributed by atoms with E-state index in [1.807, 2.05) is 0 Å². The largest absolute Gasteiger partial charge is 0.462 e. The van der Waals surface area contributed by atoms with Gasteiger partial charge in [-0.2, -0.15) is 0 Å². The Morgan fingerprint density at radius 2 is 1.66 bits per heavy atom. The Morgan fingerprint density at radius 3 is 2.24 bits per heavy atom. The van der Waals surface area contributed by atoms with Gasteiger partial charge in [0.1, 0.15) is 9.88 Å². The van der Waals surface area contributed by atoms with Crippen molar-refractivity contribution in [2.24, 2.45) is 0 Å². The molecule has 7 nitrogen and oxygen atoms in total. The summed E-state index contributed by atoms with van der Waals surface area (Å²) in [6.07, 6.45) is 0. The summed E-state index contributed by atoms with van der Waals surface area (Å²) in [6.45, 7) is 5.38. The van der Waals surface area contributed by atoms with Crippen LogP contribution in [0.2, 0.25) is 0 Å². The summed E-state index contributed by atoms with van der Waals surface area (Å²) in [5.41, 5.74) is 1.02. The number of thiocarbonyl (C=S) groups is 1. The molecule has 1 heterocycles. The average Bonchev–Trinajstić information content (AvgIpc) is 2.98. The van der Waals surface area contributed by atoms with Crippen molar-refractivity contribution in [3.8, 4) is 0 Å². The number of carbonyl (C=O) groups is 3. The number of benzene rings is 1. The molecule has 0 unspecified atom stereocenters. The van der Waals surface area contributed by atoms with Gasteiger partial charge in [-0.15, -0.1) is 11.3 Å². The molecule has 2 N–H and O–H groups in total. The first-order valence-corrected chi connectivity index (χ1v) is 10.7. The van der Waals surface area contributed by atoms with Crippen LogP contribution in [0.4, 0.5) is 5.00 Å². The normalized spacial score (nSPS) is 10.2. The predicted octanol–water partition coefficient (Wildman–Crippen LogP) is 4.30. The van der Waals surface area contributed by atoms with E-state index < -0.39 is 17.8 Å². The molecule has 1 aromatic carbocycles. The number of carbonyl (C=O) groups excluding carboxylic acids is 3. The Labute approximate surface area is 185 Å². The highest BCUT2D eigenvalue weighted by Crippen LogP contribution is 2.34.